The molecular formula is C24H24FN3O2. The molecule has 2 aliphatic rings. The van der Waals surface area contributed by atoms with Gasteiger partial charge in [-0.2, -0.15) is 0 Å². The molecule has 1 fully saturated rings. The second-order valence-corrected chi connectivity index (χ2v) is 7.61. The molecule has 1 aromatic heterocycles. The summed E-state index contributed by atoms with van der Waals surface area (Å²) in [7, 11) is 0. The SMILES string of the molecule is Fc1ccc(-c2ccnc(CN3CCN(c4cccc5c4OCCO5)CC3)c2)cc1. The summed E-state index contributed by atoms with van der Waals surface area (Å²) < 4.78 is 24.8. The number of nitrogens with zero attached hydrogens (tertiary/aromatic N) is 3. The van der Waals surface area contributed by atoms with Gasteiger partial charge in [0, 0.05) is 38.9 Å². The Morgan fingerprint density at radius 2 is 1.67 bits per heavy atom. The predicted molar refractivity (Wildman–Crippen MR) is 115 cm³/mol. The van der Waals surface area contributed by atoms with Crippen LogP contribution in [0.3, 0.4) is 0 Å². The van der Waals surface area contributed by atoms with Crippen LogP contribution >= 0.6 is 0 Å². The molecule has 0 spiro atoms. The number of benzene rings is 2. The number of anilines is 1. The van der Waals surface area contributed by atoms with Gasteiger partial charge < -0.3 is 14.4 Å². The van der Waals surface area contributed by atoms with Crippen molar-refractivity contribution in [3.05, 3.63) is 72.3 Å². The zero-order valence-electron chi connectivity index (χ0n) is 16.8. The number of aromatic nitrogens is 1. The van der Waals surface area contributed by atoms with Gasteiger partial charge in [-0.3, -0.25) is 9.88 Å². The van der Waals surface area contributed by atoms with Crippen LogP contribution in [0.15, 0.2) is 60.8 Å². The number of piperazine rings is 1. The number of halogens is 1. The van der Waals surface area contributed by atoms with E-state index < -0.39 is 0 Å². The molecule has 0 amide bonds. The monoisotopic (exact) mass is 405 g/mol. The van der Waals surface area contributed by atoms with Crippen molar-refractivity contribution in [3.8, 4) is 22.6 Å². The van der Waals surface area contributed by atoms with E-state index in [4.69, 9.17) is 9.47 Å². The van der Waals surface area contributed by atoms with Crippen LogP contribution in [-0.2, 0) is 6.54 Å². The second-order valence-electron chi connectivity index (χ2n) is 7.61. The zero-order valence-corrected chi connectivity index (χ0v) is 16.8. The first kappa shape index (κ1) is 18.9. The number of fused-ring (bicyclic) bond motifs is 1. The molecule has 3 aromatic rings. The molecule has 5 nitrogen and oxygen atoms in total. The predicted octanol–water partition coefficient (Wildman–Crippen LogP) is 3.98. The fourth-order valence-electron chi connectivity index (χ4n) is 4.07. The minimum atomic E-state index is -0.220. The highest BCUT2D eigenvalue weighted by Gasteiger charge is 2.23. The number of ether oxygens (including phenoxy) is 2. The molecule has 0 N–H and O–H groups in total. The normalized spacial score (nSPS) is 16.5. The smallest absolute Gasteiger partial charge is 0.184 e. The van der Waals surface area contributed by atoms with Crippen molar-refractivity contribution < 1.29 is 13.9 Å². The number of hydrogen-bond acceptors (Lipinski definition) is 5. The zero-order chi connectivity index (χ0) is 20.3. The highest BCUT2D eigenvalue weighted by Crippen LogP contribution is 2.39. The first-order valence-corrected chi connectivity index (χ1v) is 10.3. The number of para-hydroxylation sites is 1. The Hall–Kier alpha value is -3.12. The number of rotatable bonds is 4. The van der Waals surface area contributed by atoms with Crippen molar-refractivity contribution in [2.24, 2.45) is 0 Å². The van der Waals surface area contributed by atoms with Gasteiger partial charge in [0.1, 0.15) is 19.0 Å². The maximum absolute atomic E-state index is 13.2. The summed E-state index contributed by atoms with van der Waals surface area (Å²) in [5.41, 5.74) is 4.20. The van der Waals surface area contributed by atoms with Gasteiger partial charge in [-0.25, -0.2) is 4.39 Å². The average molecular weight is 405 g/mol. The first-order valence-electron chi connectivity index (χ1n) is 10.3. The van der Waals surface area contributed by atoms with Gasteiger partial charge in [0.15, 0.2) is 11.5 Å². The molecule has 154 valence electrons. The van der Waals surface area contributed by atoms with E-state index in [-0.39, 0.29) is 5.82 Å². The summed E-state index contributed by atoms with van der Waals surface area (Å²) in [5.74, 6) is 1.48. The number of pyridine rings is 1. The third kappa shape index (κ3) is 3.96. The summed E-state index contributed by atoms with van der Waals surface area (Å²) in [4.78, 5) is 9.33. The molecule has 0 aliphatic carbocycles. The molecule has 0 radical (unpaired) electrons. The quantitative estimate of drug-likeness (QED) is 0.656. The van der Waals surface area contributed by atoms with Crippen molar-refractivity contribution in [3.63, 3.8) is 0 Å². The van der Waals surface area contributed by atoms with E-state index in [9.17, 15) is 4.39 Å². The van der Waals surface area contributed by atoms with Gasteiger partial charge >= 0.3 is 0 Å². The topological polar surface area (TPSA) is 37.8 Å². The average Bonchev–Trinajstić information content (AvgIpc) is 2.80. The van der Waals surface area contributed by atoms with Crippen LogP contribution in [0.25, 0.3) is 11.1 Å². The largest absolute Gasteiger partial charge is 0.486 e. The van der Waals surface area contributed by atoms with Crippen LogP contribution in [0.1, 0.15) is 5.69 Å². The molecule has 0 atom stereocenters. The van der Waals surface area contributed by atoms with E-state index in [2.05, 4.69) is 26.9 Å². The Morgan fingerprint density at radius 3 is 2.50 bits per heavy atom. The van der Waals surface area contributed by atoms with Gasteiger partial charge in [0.25, 0.3) is 0 Å². The lowest BCUT2D eigenvalue weighted by Gasteiger charge is -2.37. The Kier molecular flexibility index (Phi) is 5.24. The van der Waals surface area contributed by atoms with Crippen LogP contribution in [0, 0.1) is 5.82 Å². The molecule has 30 heavy (non-hydrogen) atoms. The first-order chi connectivity index (χ1) is 14.8. The Morgan fingerprint density at radius 1 is 0.867 bits per heavy atom. The third-order valence-electron chi connectivity index (χ3n) is 5.64. The van der Waals surface area contributed by atoms with Crippen molar-refractivity contribution >= 4 is 5.69 Å². The van der Waals surface area contributed by atoms with Crippen molar-refractivity contribution in [2.45, 2.75) is 6.54 Å². The van der Waals surface area contributed by atoms with Gasteiger partial charge in [-0.05, 0) is 47.5 Å². The third-order valence-corrected chi connectivity index (χ3v) is 5.64. The molecule has 3 heterocycles. The summed E-state index contributed by atoms with van der Waals surface area (Å²) in [6.45, 7) is 5.76. The molecule has 0 bridgehead atoms. The Labute approximate surface area is 175 Å². The minimum Gasteiger partial charge on any atom is -0.486 e. The van der Waals surface area contributed by atoms with Gasteiger partial charge in [-0.15, -0.1) is 0 Å². The Bertz CT molecular complexity index is 1020. The minimum absolute atomic E-state index is 0.220. The van der Waals surface area contributed by atoms with E-state index >= 15 is 0 Å². The molecule has 0 unspecified atom stereocenters. The summed E-state index contributed by atoms with van der Waals surface area (Å²) in [6, 6.07) is 16.8. The molecule has 2 aromatic carbocycles. The lowest BCUT2D eigenvalue weighted by atomic mass is 10.1. The molecular weight excluding hydrogens is 381 g/mol. The van der Waals surface area contributed by atoms with Crippen LogP contribution in [0.2, 0.25) is 0 Å². The maximum Gasteiger partial charge on any atom is 0.184 e. The lowest BCUT2D eigenvalue weighted by molar-refractivity contribution is 0.171. The van der Waals surface area contributed by atoms with E-state index in [1.807, 2.05) is 24.4 Å². The summed E-state index contributed by atoms with van der Waals surface area (Å²) in [5, 5.41) is 0. The maximum atomic E-state index is 13.2. The van der Waals surface area contributed by atoms with E-state index in [1.165, 1.54) is 12.1 Å². The van der Waals surface area contributed by atoms with E-state index in [0.29, 0.717) is 13.2 Å². The van der Waals surface area contributed by atoms with Crippen LogP contribution in [0.5, 0.6) is 11.5 Å². The molecule has 5 rings (SSSR count). The Balaban J connectivity index is 1.24. The summed E-state index contributed by atoms with van der Waals surface area (Å²) in [6.07, 6.45) is 1.83. The van der Waals surface area contributed by atoms with Crippen molar-refractivity contribution in [1.82, 2.24) is 9.88 Å². The van der Waals surface area contributed by atoms with Crippen LogP contribution < -0.4 is 14.4 Å². The molecule has 2 aliphatic heterocycles. The number of hydrogen-bond donors (Lipinski definition) is 0. The van der Waals surface area contributed by atoms with E-state index in [0.717, 1.165) is 66.7 Å². The highest BCUT2D eigenvalue weighted by molar-refractivity contribution is 5.65. The van der Waals surface area contributed by atoms with Gasteiger partial charge in [0.05, 0.1) is 11.4 Å². The van der Waals surface area contributed by atoms with Crippen molar-refractivity contribution in [2.75, 3.05) is 44.3 Å². The molecule has 6 heteroatoms. The fraction of sp³-hybridized carbons (Fsp3) is 0.292. The lowest BCUT2D eigenvalue weighted by Crippen LogP contribution is -2.46. The van der Waals surface area contributed by atoms with Crippen LogP contribution in [0.4, 0.5) is 10.1 Å². The molecule has 1 saturated heterocycles. The van der Waals surface area contributed by atoms with Gasteiger partial charge in [-0.1, -0.05) is 18.2 Å². The van der Waals surface area contributed by atoms with Crippen molar-refractivity contribution in [1.29, 1.82) is 0 Å². The highest BCUT2D eigenvalue weighted by atomic mass is 19.1. The second kappa shape index (κ2) is 8.32. The fourth-order valence-corrected chi connectivity index (χ4v) is 4.07. The van der Waals surface area contributed by atoms with Gasteiger partial charge in [0.2, 0.25) is 0 Å². The standard InChI is InChI=1S/C24H24FN3O2/c25-20-6-4-18(5-7-20)19-8-9-26-21(16-19)17-27-10-12-28(13-11-27)22-2-1-3-23-24(22)30-15-14-29-23/h1-9,16H,10-15,17H2. The summed E-state index contributed by atoms with van der Waals surface area (Å²) >= 11 is 0. The van der Waals surface area contributed by atoms with Crippen LogP contribution in [-0.4, -0.2) is 49.3 Å². The van der Waals surface area contributed by atoms with E-state index in [1.54, 1.807) is 12.1 Å². The molecule has 0 saturated carbocycles.